The lowest BCUT2D eigenvalue weighted by Gasteiger charge is -2.09. The molecule has 0 nitrogen and oxygen atoms in total. The monoisotopic (exact) mass is 290 g/mol. The van der Waals surface area contributed by atoms with Crippen molar-refractivity contribution in [3.63, 3.8) is 0 Å². The van der Waals surface area contributed by atoms with Crippen LogP contribution in [0.4, 0.5) is 0 Å². The van der Waals surface area contributed by atoms with Crippen LogP contribution in [0.5, 0.6) is 0 Å². The summed E-state index contributed by atoms with van der Waals surface area (Å²) in [6, 6.07) is 8.51. The van der Waals surface area contributed by atoms with Crippen molar-refractivity contribution in [3.8, 4) is 0 Å². The molecule has 1 aromatic carbocycles. The van der Waals surface area contributed by atoms with Gasteiger partial charge in [-0.2, -0.15) is 0 Å². The van der Waals surface area contributed by atoms with Crippen LogP contribution in [-0.2, 0) is 0 Å². The standard InChI is InChI=1S/C10H12Br2/c1-8(5-6-11)9-3-2-4-10(12)7-9/h2-4,7-8H,5-6H2,1H3. The molecule has 1 atom stereocenters. The van der Waals surface area contributed by atoms with E-state index in [1.54, 1.807) is 0 Å². The largest absolute Gasteiger partial charge is 0.0928 e. The van der Waals surface area contributed by atoms with Gasteiger partial charge >= 0.3 is 0 Å². The van der Waals surface area contributed by atoms with Gasteiger partial charge in [0.25, 0.3) is 0 Å². The maximum atomic E-state index is 3.47. The van der Waals surface area contributed by atoms with Gasteiger partial charge in [0.1, 0.15) is 0 Å². The molecule has 0 aromatic heterocycles. The summed E-state index contributed by atoms with van der Waals surface area (Å²) in [4.78, 5) is 0. The van der Waals surface area contributed by atoms with E-state index in [9.17, 15) is 0 Å². The first-order chi connectivity index (χ1) is 5.74. The third kappa shape index (κ3) is 2.91. The molecule has 1 rings (SSSR count). The minimum absolute atomic E-state index is 0.641. The van der Waals surface area contributed by atoms with E-state index in [1.165, 1.54) is 16.5 Å². The summed E-state index contributed by atoms with van der Waals surface area (Å²) in [5, 5.41) is 1.07. The van der Waals surface area contributed by atoms with Gasteiger partial charge in [-0.15, -0.1) is 0 Å². The third-order valence-electron chi connectivity index (χ3n) is 1.96. The molecule has 2 heteroatoms. The molecule has 0 saturated heterocycles. The lowest BCUT2D eigenvalue weighted by molar-refractivity contribution is 0.743. The molecular formula is C10H12Br2. The molecule has 12 heavy (non-hydrogen) atoms. The lowest BCUT2D eigenvalue weighted by Crippen LogP contribution is -1.93. The number of alkyl halides is 1. The SMILES string of the molecule is CC(CCBr)c1cccc(Br)c1. The Morgan fingerprint density at radius 1 is 1.42 bits per heavy atom. The summed E-state index contributed by atoms with van der Waals surface area (Å²) in [5.74, 6) is 0.641. The first-order valence-corrected chi connectivity index (χ1v) is 5.97. The molecule has 0 aliphatic rings. The highest BCUT2D eigenvalue weighted by Gasteiger charge is 2.03. The number of benzene rings is 1. The Morgan fingerprint density at radius 3 is 2.75 bits per heavy atom. The Balaban J connectivity index is 2.73. The van der Waals surface area contributed by atoms with E-state index < -0.39 is 0 Å². The Morgan fingerprint density at radius 2 is 2.17 bits per heavy atom. The minimum Gasteiger partial charge on any atom is -0.0928 e. The highest BCUT2D eigenvalue weighted by Crippen LogP contribution is 2.22. The van der Waals surface area contributed by atoms with Gasteiger partial charge in [-0.25, -0.2) is 0 Å². The highest BCUT2D eigenvalue weighted by molar-refractivity contribution is 9.10. The van der Waals surface area contributed by atoms with Crippen LogP contribution in [0.2, 0.25) is 0 Å². The zero-order chi connectivity index (χ0) is 8.97. The smallest absolute Gasteiger partial charge is 0.0178 e. The number of halogens is 2. The van der Waals surface area contributed by atoms with Gasteiger partial charge < -0.3 is 0 Å². The first kappa shape index (κ1) is 10.3. The van der Waals surface area contributed by atoms with Crippen LogP contribution in [0.25, 0.3) is 0 Å². The maximum Gasteiger partial charge on any atom is 0.0178 e. The topological polar surface area (TPSA) is 0 Å². The molecule has 1 unspecified atom stereocenters. The Labute approximate surface area is 90.6 Å². The van der Waals surface area contributed by atoms with Crippen LogP contribution in [0.15, 0.2) is 28.7 Å². The molecule has 0 fully saturated rings. The summed E-state index contributed by atoms with van der Waals surface area (Å²) in [6.07, 6.45) is 1.19. The minimum atomic E-state index is 0.641. The normalized spacial score (nSPS) is 12.9. The van der Waals surface area contributed by atoms with Gasteiger partial charge in [-0.3, -0.25) is 0 Å². The lowest BCUT2D eigenvalue weighted by atomic mass is 9.99. The molecule has 0 radical (unpaired) electrons. The van der Waals surface area contributed by atoms with Crippen molar-refractivity contribution in [2.24, 2.45) is 0 Å². The molecule has 0 amide bonds. The van der Waals surface area contributed by atoms with Crippen LogP contribution in [0.3, 0.4) is 0 Å². The molecule has 0 bridgehead atoms. The fourth-order valence-electron chi connectivity index (χ4n) is 1.14. The summed E-state index contributed by atoms with van der Waals surface area (Å²) in [5.41, 5.74) is 1.41. The second-order valence-electron chi connectivity index (χ2n) is 2.93. The van der Waals surface area contributed by atoms with Gasteiger partial charge in [0.15, 0.2) is 0 Å². The summed E-state index contributed by atoms with van der Waals surface area (Å²) >= 11 is 6.92. The number of hydrogen-bond acceptors (Lipinski definition) is 0. The van der Waals surface area contributed by atoms with E-state index in [0.29, 0.717) is 5.92 Å². The number of rotatable bonds is 3. The Hall–Kier alpha value is 0.180. The summed E-state index contributed by atoms with van der Waals surface area (Å²) in [6.45, 7) is 2.25. The predicted octanol–water partition coefficient (Wildman–Crippen LogP) is 4.34. The molecule has 0 N–H and O–H groups in total. The average molecular weight is 292 g/mol. The quantitative estimate of drug-likeness (QED) is 0.727. The van der Waals surface area contributed by atoms with E-state index in [0.717, 1.165) is 5.33 Å². The first-order valence-electron chi connectivity index (χ1n) is 4.05. The second-order valence-corrected chi connectivity index (χ2v) is 4.64. The average Bonchev–Trinajstić information content (AvgIpc) is 2.05. The van der Waals surface area contributed by atoms with Crippen LogP contribution >= 0.6 is 31.9 Å². The van der Waals surface area contributed by atoms with Gasteiger partial charge in [0.05, 0.1) is 0 Å². The van der Waals surface area contributed by atoms with Gasteiger partial charge in [-0.05, 0) is 30.0 Å². The second kappa shape index (κ2) is 5.03. The van der Waals surface area contributed by atoms with Gasteiger partial charge in [-0.1, -0.05) is 50.9 Å². The van der Waals surface area contributed by atoms with Gasteiger partial charge in [0, 0.05) is 9.80 Å². The van der Waals surface area contributed by atoms with Crippen LogP contribution < -0.4 is 0 Å². The van der Waals surface area contributed by atoms with Crippen LogP contribution in [-0.4, -0.2) is 5.33 Å². The summed E-state index contributed by atoms with van der Waals surface area (Å²) < 4.78 is 1.17. The Bertz CT molecular complexity index is 245. The van der Waals surface area contributed by atoms with Crippen molar-refractivity contribution < 1.29 is 0 Å². The zero-order valence-electron chi connectivity index (χ0n) is 7.06. The molecular weight excluding hydrogens is 280 g/mol. The molecule has 66 valence electrons. The fourth-order valence-corrected chi connectivity index (χ4v) is 2.25. The van der Waals surface area contributed by atoms with Crippen LogP contribution in [0.1, 0.15) is 24.8 Å². The van der Waals surface area contributed by atoms with Crippen molar-refractivity contribution in [1.29, 1.82) is 0 Å². The van der Waals surface area contributed by atoms with E-state index in [-0.39, 0.29) is 0 Å². The Kier molecular flexibility index (Phi) is 4.30. The van der Waals surface area contributed by atoms with E-state index in [2.05, 4.69) is 63.0 Å². The fraction of sp³-hybridized carbons (Fsp3) is 0.400. The van der Waals surface area contributed by atoms with Crippen molar-refractivity contribution in [2.45, 2.75) is 19.3 Å². The molecule has 0 spiro atoms. The predicted molar refractivity (Wildman–Crippen MR) is 61.0 cm³/mol. The van der Waals surface area contributed by atoms with Crippen molar-refractivity contribution in [3.05, 3.63) is 34.3 Å². The van der Waals surface area contributed by atoms with Crippen molar-refractivity contribution in [2.75, 3.05) is 5.33 Å². The zero-order valence-corrected chi connectivity index (χ0v) is 10.2. The number of hydrogen-bond donors (Lipinski definition) is 0. The van der Waals surface area contributed by atoms with E-state index >= 15 is 0 Å². The summed E-state index contributed by atoms with van der Waals surface area (Å²) in [7, 11) is 0. The molecule has 0 heterocycles. The van der Waals surface area contributed by atoms with Gasteiger partial charge in [0.2, 0.25) is 0 Å². The molecule has 0 aliphatic carbocycles. The highest BCUT2D eigenvalue weighted by atomic mass is 79.9. The van der Waals surface area contributed by atoms with E-state index in [4.69, 9.17) is 0 Å². The third-order valence-corrected chi connectivity index (χ3v) is 2.91. The van der Waals surface area contributed by atoms with Crippen molar-refractivity contribution in [1.82, 2.24) is 0 Å². The maximum absolute atomic E-state index is 3.47. The van der Waals surface area contributed by atoms with Crippen LogP contribution in [0, 0.1) is 0 Å². The molecule has 1 aromatic rings. The molecule has 0 saturated carbocycles. The van der Waals surface area contributed by atoms with E-state index in [1.807, 2.05) is 0 Å². The van der Waals surface area contributed by atoms with Crippen molar-refractivity contribution >= 4 is 31.9 Å². The molecule has 0 aliphatic heterocycles.